The highest BCUT2D eigenvalue weighted by Crippen LogP contribution is 2.16. The lowest BCUT2D eigenvalue weighted by molar-refractivity contribution is -0.137. The standard InChI is InChI=1S/C21H22ClFN2O2S/c22-18-5-1-17(2-6-18)14-28-15-21(27)25-11-9-24(10-12-25)20(26)13-16-3-7-19(23)8-4-16/h1-8H,9-15H2. The number of piperazine rings is 1. The summed E-state index contributed by atoms with van der Waals surface area (Å²) in [5.41, 5.74) is 1.93. The van der Waals surface area contributed by atoms with E-state index in [0.29, 0.717) is 37.0 Å². The summed E-state index contributed by atoms with van der Waals surface area (Å²) in [6, 6.07) is 13.6. The van der Waals surface area contributed by atoms with Crippen molar-refractivity contribution < 1.29 is 14.0 Å². The van der Waals surface area contributed by atoms with Gasteiger partial charge in [-0.05, 0) is 35.4 Å². The number of nitrogens with zero attached hydrogens (tertiary/aromatic N) is 2. The van der Waals surface area contributed by atoms with Gasteiger partial charge in [0, 0.05) is 37.0 Å². The highest BCUT2D eigenvalue weighted by Gasteiger charge is 2.24. The predicted molar refractivity (Wildman–Crippen MR) is 111 cm³/mol. The van der Waals surface area contributed by atoms with Gasteiger partial charge in [0.1, 0.15) is 5.82 Å². The van der Waals surface area contributed by atoms with Crippen molar-refractivity contribution in [3.05, 3.63) is 70.5 Å². The first kappa shape index (κ1) is 20.7. The zero-order valence-corrected chi connectivity index (χ0v) is 17.0. The van der Waals surface area contributed by atoms with Crippen LogP contribution < -0.4 is 0 Å². The molecule has 0 spiro atoms. The molecular weight excluding hydrogens is 399 g/mol. The molecule has 4 nitrogen and oxygen atoms in total. The van der Waals surface area contributed by atoms with Gasteiger partial charge in [0.25, 0.3) is 0 Å². The first-order valence-electron chi connectivity index (χ1n) is 9.13. The highest BCUT2D eigenvalue weighted by molar-refractivity contribution is 7.99. The molecule has 0 radical (unpaired) electrons. The van der Waals surface area contributed by atoms with E-state index in [1.165, 1.54) is 12.1 Å². The normalized spacial score (nSPS) is 14.2. The molecule has 1 aliphatic heterocycles. The van der Waals surface area contributed by atoms with Crippen LogP contribution in [0.5, 0.6) is 0 Å². The zero-order chi connectivity index (χ0) is 19.9. The van der Waals surface area contributed by atoms with E-state index >= 15 is 0 Å². The van der Waals surface area contributed by atoms with Crippen LogP contribution in [0.25, 0.3) is 0 Å². The number of amides is 2. The second-order valence-electron chi connectivity index (χ2n) is 6.68. The number of carbonyl (C=O) groups excluding carboxylic acids is 2. The van der Waals surface area contributed by atoms with Gasteiger partial charge in [-0.25, -0.2) is 4.39 Å². The molecule has 1 heterocycles. The Balaban J connectivity index is 1.39. The van der Waals surface area contributed by atoms with Gasteiger partial charge in [-0.2, -0.15) is 0 Å². The van der Waals surface area contributed by atoms with Crippen molar-refractivity contribution >= 4 is 35.2 Å². The van der Waals surface area contributed by atoms with Crippen molar-refractivity contribution in [2.24, 2.45) is 0 Å². The molecule has 7 heteroatoms. The molecule has 3 rings (SSSR count). The van der Waals surface area contributed by atoms with Crippen molar-refractivity contribution in [1.29, 1.82) is 0 Å². The van der Waals surface area contributed by atoms with Gasteiger partial charge in [0.05, 0.1) is 12.2 Å². The monoisotopic (exact) mass is 420 g/mol. The summed E-state index contributed by atoms with van der Waals surface area (Å²) in [6.45, 7) is 2.17. The average molecular weight is 421 g/mol. The van der Waals surface area contributed by atoms with E-state index in [9.17, 15) is 14.0 Å². The number of carbonyl (C=O) groups is 2. The van der Waals surface area contributed by atoms with E-state index in [4.69, 9.17) is 11.6 Å². The lowest BCUT2D eigenvalue weighted by atomic mass is 10.1. The number of thioether (sulfide) groups is 1. The van der Waals surface area contributed by atoms with Gasteiger partial charge in [-0.3, -0.25) is 9.59 Å². The molecule has 0 bridgehead atoms. The Bertz CT molecular complexity index is 806. The Morgan fingerprint density at radius 2 is 1.39 bits per heavy atom. The maximum absolute atomic E-state index is 13.0. The van der Waals surface area contributed by atoms with Crippen molar-refractivity contribution in [2.45, 2.75) is 12.2 Å². The summed E-state index contributed by atoms with van der Waals surface area (Å²) < 4.78 is 13.0. The highest BCUT2D eigenvalue weighted by atomic mass is 35.5. The Morgan fingerprint density at radius 3 is 2.00 bits per heavy atom. The minimum Gasteiger partial charge on any atom is -0.339 e. The summed E-state index contributed by atoms with van der Waals surface area (Å²) in [7, 11) is 0. The number of rotatable bonds is 6. The third-order valence-electron chi connectivity index (χ3n) is 4.66. The van der Waals surface area contributed by atoms with Crippen LogP contribution in [0.15, 0.2) is 48.5 Å². The molecule has 1 fully saturated rings. The van der Waals surface area contributed by atoms with Gasteiger partial charge in [0.15, 0.2) is 0 Å². The fourth-order valence-corrected chi connectivity index (χ4v) is 4.04. The topological polar surface area (TPSA) is 40.6 Å². The molecule has 2 aromatic carbocycles. The third-order valence-corrected chi connectivity index (χ3v) is 5.90. The van der Waals surface area contributed by atoms with Crippen molar-refractivity contribution in [3.63, 3.8) is 0 Å². The molecule has 0 unspecified atom stereocenters. The Morgan fingerprint density at radius 1 is 0.857 bits per heavy atom. The number of hydrogen-bond donors (Lipinski definition) is 0. The SMILES string of the molecule is O=C(CSCc1ccc(Cl)cc1)N1CCN(C(=O)Cc2ccc(F)cc2)CC1. The van der Waals surface area contributed by atoms with Crippen LogP contribution >= 0.6 is 23.4 Å². The Labute approximate surface area is 173 Å². The first-order chi connectivity index (χ1) is 13.5. The fourth-order valence-electron chi connectivity index (χ4n) is 3.02. The fraction of sp³-hybridized carbons (Fsp3) is 0.333. The van der Waals surface area contributed by atoms with Gasteiger partial charge in [-0.1, -0.05) is 35.9 Å². The van der Waals surface area contributed by atoms with Crippen LogP contribution in [0.4, 0.5) is 4.39 Å². The summed E-state index contributed by atoms with van der Waals surface area (Å²) >= 11 is 7.45. The Hall–Kier alpha value is -2.05. The maximum Gasteiger partial charge on any atom is 0.232 e. The van der Waals surface area contributed by atoms with E-state index in [1.807, 2.05) is 29.2 Å². The quantitative estimate of drug-likeness (QED) is 0.716. The van der Waals surface area contributed by atoms with Gasteiger partial charge in [-0.15, -0.1) is 11.8 Å². The van der Waals surface area contributed by atoms with E-state index in [2.05, 4.69) is 0 Å². The summed E-state index contributed by atoms with van der Waals surface area (Å²) in [5.74, 6) is 0.989. The second-order valence-corrected chi connectivity index (χ2v) is 8.11. The van der Waals surface area contributed by atoms with Gasteiger partial charge >= 0.3 is 0 Å². The molecule has 0 aromatic heterocycles. The molecule has 1 aliphatic rings. The summed E-state index contributed by atoms with van der Waals surface area (Å²) in [6.07, 6.45) is 0.255. The third kappa shape index (κ3) is 5.97. The second kappa shape index (κ2) is 9.94. The number of hydrogen-bond acceptors (Lipinski definition) is 3. The molecule has 148 valence electrons. The van der Waals surface area contributed by atoms with Crippen LogP contribution in [0, 0.1) is 5.82 Å². The van der Waals surface area contributed by atoms with Crippen molar-refractivity contribution in [2.75, 3.05) is 31.9 Å². The largest absolute Gasteiger partial charge is 0.339 e. The van der Waals surface area contributed by atoms with Gasteiger partial charge in [0.2, 0.25) is 11.8 Å². The summed E-state index contributed by atoms with van der Waals surface area (Å²) in [4.78, 5) is 28.4. The van der Waals surface area contributed by atoms with Crippen LogP contribution in [0.2, 0.25) is 5.02 Å². The van der Waals surface area contributed by atoms with Crippen LogP contribution in [0.1, 0.15) is 11.1 Å². The molecule has 1 saturated heterocycles. The molecule has 2 amide bonds. The van der Waals surface area contributed by atoms with Crippen molar-refractivity contribution in [1.82, 2.24) is 9.80 Å². The van der Waals surface area contributed by atoms with E-state index in [0.717, 1.165) is 16.9 Å². The molecule has 2 aromatic rings. The molecule has 0 aliphatic carbocycles. The molecular formula is C21H22ClFN2O2S. The van der Waals surface area contributed by atoms with Crippen LogP contribution in [-0.4, -0.2) is 53.5 Å². The average Bonchev–Trinajstić information content (AvgIpc) is 2.71. The predicted octanol–water partition coefficient (Wildman–Crippen LogP) is 3.63. The molecule has 0 N–H and O–H groups in total. The lowest BCUT2D eigenvalue weighted by Crippen LogP contribution is -2.51. The number of halogens is 2. The maximum atomic E-state index is 13.0. The minimum absolute atomic E-state index is 0.0100. The summed E-state index contributed by atoms with van der Waals surface area (Å²) in [5, 5.41) is 0.705. The lowest BCUT2D eigenvalue weighted by Gasteiger charge is -2.35. The zero-order valence-electron chi connectivity index (χ0n) is 15.4. The van der Waals surface area contributed by atoms with E-state index in [-0.39, 0.29) is 24.1 Å². The van der Waals surface area contributed by atoms with Crippen molar-refractivity contribution in [3.8, 4) is 0 Å². The number of benzene rings is 2. The first-order valence-corrected chi connectivity index (χ1v) is 10.7. The molecule has 28 heavy (non-hydrogen) atoms. The van der Waals surface area contributed by atoms with Gasteiger partial charge < -0.3 is 9.80 Å². The Kier molecular flexibility index (Phi) is 7.34. The molecule has 0 saturated carbocycles. The van der Waals surface area contributed by atoms with E-state index < -0.39 is 0 Å². The smallest absolute Gasteiger partial charge is 0.232 e. The minimum atomic E-state index is -0.308. The van der Waals surface area contributed by atoms with Crippen LogP contribution in [0.3, 0.4) is 0 Å². The van der Waals surface area contributed by atoms with Crippen LogP contribution in [-0.2, 0) is 21.8 Å². The van der Waals surface area contributed by atoms with E-state index in [1.54, 1.807) is 28.8 Å². The molecule has 0 atom stereocenters.